The van der Waals surface area contributed by atoms with E-state index in [1.165, 1.54) is 11.6 Å². The lowest BCUT2D eigenvalue weighted by atomic mass is 9.85. The Bertz CT molecular complexity index is 822. The van der Waals surface area contributed by atoms with Gasteiger partial charge in [-0.2, -0.15) is 8.78 Å². The molecule has 2 aromatic rings. The smallest absolute Gasteiger partial charge is 0.388 e. The number of pyridine rings is 1. The SMILES string of the molecule is CC(=O)O.CC(C)c1ccccc1.Cc1ccc(NC(=O)C2CCC2)c(OC(F)F)n1. The molecule has 8 heteroatoms. The maximum Gasteiger partial charge on any atom is 0.388 e. The summed E-state index contributed by atoms with van der Waals surface area (Å²) >= 11 is 0. The van der Waals surface area contributed by atoms with Crippen LogP contribution in [0.15, 0.2) is 42.5 Å². The van der Waals surface area contributed by atoms with Crippen molar-refractivity contribution in [3.8, 4) is 5.88 Å². The van der Waals surface area contributed by atoms with Crippen molar-refractivity contribution in [2.24, 2.45) is 5.92 Å². The highest BCUT2D eigenvalue weighted by Crippen LogP contribution is 2.30. The van der Waals surface area contributed by atoms with Crippen molar-refractivity contribution in [3.63, 3.8) is 0 Å². The molecule has 0 bridgehead atoms. The van der Waals surface area contributed by atoms with E-state index >= 15 is 0 Å². The molecule has 1 aliphatic rings. The number of rotatable bonds is 5. The van der Waals surface area contributed by atoms with E-state index in [0.717, 1.165) is 26.2 Å². The van der Waals surface area contributed by atoms with Crippen LogP contribution in [-0.4, -0.2) is 28.6 Å². The van der Waals surface area contributed by atoms with Gasteiger partial charge in [0.05, 0.1) is 0 Å². The van der Waals surface area contributed by atoms with E-state index in [1.54, 1.807) is 13.0 Å². The maximum absolute atomic E-state index is 12.2. The van der Waals surface area contributed by atoms with Crippen molar-refractivity contribution in [3.05, 3.63) is 53.7 Å². The van der Waals surface area contributed by atoms with E-state index in [0.29, 0.717) is 11.6 Å². The summed E-state index contributed by atoms with van der Waals surface area (Å²) in [6, 6.07) is 13.7. The van der Waals surface area contributed by atoms with Gasteiger partial charge in [-0.25, -0.2) is 4.98 Å². The first kappa shape index (κ1) is 26.0. The molecule has 0 aliphatic heterocycles. The van der Waals surface area contributed by atoms with Gasteiger partial charge in [-0.3, -0.25) is 9.59 Å². The Labute approximate surface area is 181 Å². The third kappa shape index (κ3) is 10.5. The first-order chi connectivity index (χ1) is 14.6. The molecule has 1 aromatic heterocycles. The van der Waals surface area contributed by atoms with Crippen molar-refractivity contribution < 1.29 is 28.2 Å². The summed E-state index contributed by atoms with van der Waals surface area (Å²) < 4.78 is 28.8. The van der Waals surface area contributed by atoms with Gasteiger partial charge in [0, 0.05) is 18.5 Å². The molecule has 1 amide bonds. The van der Waals surface area contributed by atoms with Crippen LogP contribution in [0.3, 0.4) is 0 Å². The van der Waals surface area contributed by atoms with Crippen LogP contribution in [0.25, 0.3) is 0 Å². The van der Waals surface area contributed by atoms with Crippen LogP contribution in [0.1, 0.15) is 57.2 Å². The number of carbonyl (C=O) groups excluding carboxylic acids is 1. The number of halogens is 2. The number of carboxylic acid groups (broad SMARTS) is 1. The van der Waals surface area contributed by atoms with Gasteiger partial charge in [0.15, 0.2) is 0 Å². The van der Waals surface area contributed by atoms with Crippen molar-refractivity contribution in [2.75, 3.05) is 5.32 Å². The van der Waals surface area contributed by atoms with E-state index in [1.807, 2.05) is 6.07 Å². The molecule has 1 saturated carbocycles. The number of carboxylic acids is 1. The Kier molecular flexibility index (Phi) is 11.2. The van der Waals surface area contributed by atoms with Gasteiger partial charge in [-0.05, 0) is 43.4 Å². The van der Waals surface area contributed by atoms with E-state index in [9.17, 15) is 13.6 Å². The second kappa shape index (κ2) is 13.3. The highest BCUT2D eigenvalue weighted by Gasteiger charge is 2.26. The van der Waals surface area contributed by atoms with Crippen molar-refractivity contribution >= 4 is 17.6 Å². The fourth-order valence-corrected chi connectivity index (χ4v) is 2.55. The number of amides is 1. The molecule has 170 valence electrons. The van der Waals surface area contributed by atoms with Crippen LogP contribution in [0.4, 0.5) is 14.5 Å². The zero-order valence-electron chi connectivity index (χ0n) is 18.3. The number of ether oxygens (including phenoxy) is 1. The molecule has 0 saturated heterocycles. The number of anilines is 1. The summed E-state index contributed by atoms with van der Waals surface area (Å²) in [6.45, 7) is 4.19. The Hall–Kier alpha value is -3.03. The quantitative estimate of drug-likeness (QED) is 0.634. The summed E-state index contributed by atoms with van der Waals surface area (Å²) in [7, 11) is 0. The van der Waals surface area contributed by atoms with E-state index in [2.05, 4.69) is 53.2 Å². The monoisotopic (exact) mass is 436 g/mol. The second-order valence-electron chi connectivity index (χ2n) is 7.39. The Balaban J connectivity index is 0.000000307. The van der Waals surface area contributed by atoms with Crippen molar-refractivity contribution in [1.82, 2.24) is 4.98 Å². The Morgan fingerprint density at radius 2 is 1.71 bits per heavy atom. The number of benzene rings is 1. The minimum atomic E-state index is -2.96. The maximum atomic E-state index is 12.2. The van der Waals surface area contributed by atoms with Gasteiger partial charge >= 0.3 is 6.61 Å². The standard InChI is InChI=1S/C12H14F2N2O2.C9H12.C2H4O2/c1-7-5-6-9(11(15-7)18-12(13)14)16-10(17)8-3-2-4-8;1-8(2)9-6-4-3-5-7-9;1-2(3)4/h5-6,8,12H,2-4H2,1H3,(H,16,17);3-8H,1-2H3;1H3,(H,3,4). The highest BCUT2D eigenvalue weighted by molar-refractivity contribution is 5.94. The number of hydrogen-bond donors (Lipinski definition) is 2. The van der Waals surface area contributed by atoms with Crippen LogP contribution in [0.2, 0.25) is 0 Å². The summed E-state index contributed by atoms with van der Waals surface area (Å²) in [5.74, 6) is -0.597. The summed E-state index contributed by atoms with van der Waals surface area (Å²) in [4.78, 5) is 24.6. The third-order valence-electron chi connectivity index (χ3n) is 4.40. The topological polar surface area (TPSA) is 88.5 Å². The number of aliphatic carboxylic acids is 1. The molecule has 0 atom stereocenters. The molecule has 0 spiro atoms. The average molecular weight is 436 g/mol. The van der Waals surface area contributed by atoms with Crippen LogP contribution >= 0.6 is 0 Å². The number of alkyl halides is 2. The molecule has 1 aromatic carbocycles. The lowest BCUT2D eigenvalue weighted by molar-refractivity contribution is -0.134. The molecule has 0 radical (unpaired) electrons. The summed E-state index contributed by atoms with van der Waals surface area (Å²) in [5.41, 5.74) is 2.16. The first-order valence-corrected chi connectivity index (χ1v) is 10.1. The van der Waals surface area contributed by atoms with Crippen LogP contribution in [0.5, 0.6) is 5.88 Å². The zero-order chi connectivity index (χ0) is 23.4. The van der Waals surface area contributed by atoms with E-state index < -0.39 is 12.6 Å². The molecule has 1 fully saturated rings. The molecule has 2 N–H and O–H groups in total. The number of carbonyl (C=O) groups is 2. The van der Waals surface area contributed by atoms with Crippen LogP contribution < -0.4 is 10.1 Å². The number of nitrogens with one attached hydrogen (secondary N) is 1. The fraction of sp³-hybridized carbons (Fsp3) is 0.435. The molecule has 1 aliphatic carbocycles. The predicted molar refractivity (Wildman–Crippen MR) is 115 cm³/mol. The van der Waals surface area contributed by atoms with Gasteiger partial charge < -0.3 is 15.2 Å². The number of aryl methyl sites for hydroxylation is 1. The molecule has 6 nitrogen and oxygen atoms in total. The lowest BCUT2D eigenvalue weighted by Gasteiger charge is -2.24. The lowest BCUT2D eigenvalue weighted by Crippen LogP contribution is -2.28. The molecular formula is C23H30F2N2O4. The van der Waals surface area contributed by atoms with Crippen molar-refractivity contribution in [1.29, 1.82) is 0 Å². The summed E-state index contributed by atoms with van der Waals surface area (Å²) in [6.07, 6.45) is 2.72. The second-order valence-corrected chi connectivity index (χ2v) is 7.39. The average Bonchev–Trinajstić information content (AvgIpc) is 2.63. The fourth-order valence-electron chi connectivity index (χ4n) is 2.55. The van der Waals surface area contributed by atoms with Gasteiger partial charge in [-0.1, -0.05) is 50.6 Å². The normalized spacial score (nSPS) is 12.6. The molecule has 31 heavy (non-hydrogen) atoms. The molecule has 0 unspecified atom stereocenters. The predicted octanol–water partition coefficient (Wildman–Crippen LogP) is 5.63. The third-order valence-corrected chi connectivity index (χ3v) is 4.40. The molecular weight excluding hydrogens is 406 g/mol. The van der Waals surface area contributed by atoms with E-state index in [4.69, 9.17) is 9.90 Å². The minimum Gasteiger partial charge on any atom is -0.481 e. The zero-order valence-corrected chi connectivity index (χ0v) is 18.3. The molecule has 3 rings (SSSR count). The largest absolute Gasteiger partial charge is 0.481 e. The van der Waals surface area contributed by atoms with E-state index in [-0.39, 0.29) is 23.4 Å². The van der Waals surface area contributed by atoms with Crippen molar-refractivity contribution in [2.45, 2.75) is 59.5 Å². The Morgan fingerprint density at radius 3 is 2.13 bits per heavy atom. The number of hydrogen-bond acceptors (Lipinski definition) is 4. The Morgan fingerprint density at radius 1 is 1.13 bits per heavy atom. The van der Waals surface area contributed by atoms with Crippen LogP contribution in [-0.2, 0) is 9.59 Å². The van der Waals surface area contributed by atoms with Gasteiger partial charge in [0.2, 0.25) is 11.8 Å². The van der Waals surface area contributed by atoms with Crippen LogP contribution in [0, 0.1) is 12.8 Å². The first-order valence-electron chi connectivity index (χ1n) is 10.1. The van der Waals surface area contributed by atoms with Gasteiger partial charge in [-0.15, -0.1) is 0 Å². The minimum absolute atomic E-state index is 0.0225. The van der Waals surface area contributed by atoms with Gasteiger partial charge in [0.25, 0.3) is 5.97 Å². The highest BCUT2D eigenvalue weighted by atomic mass is 19.3. The van der Waals surface area contributed by atoms with Gasteiger partial charge in [0.1, 0.15) is 5.69 Å². The number of aromatic nitrogens is 1. The molecule has 1 heterocycles. The summed E-state index contributed by atoms with van der Waals surface area (Å²) in [5, 5.41) is 10.0. The number of nitrogens with zero attached hydrogens (tertiary/aromatic N) is 1.